The van der Waals surface area contributed by atoms with Crippen LogP contribution in [0.3, 0.4) is 0 Å². The number of hydrogen-bond donors (Lipinski definition) is 9. The number of H-pyrrole nitrogens is 1. The Bertz CT molecular complexity index is 2710. The zero-order chi connectivity index (χ0) is 55.7. The number of ether oxygens (including phenoxy) is 6. The van der Waals surface area contributed by atoms with Gasteiger partial charge < -0.3 is 76.8 Å². The molecule has 0 radical (unpaired) electrons. The molecule has 0 unspecified atom stereocenters. The van der Waals surface area contributed by atoms with E-state index in [1.807, 2.05) is 18.2 Å². The Labute approximate surface area is 443 Å². The first-order valence-electron chi connectivity index (χ1n) is 25.0. The van der Waals surface area contributed by atoms with Gasteiger partial charge in [-0.05, 0) is 55.0 Å². The van der Waals surface area contributed by atoms with Gasteiger partial charge in [-0.15, -0.1) is 0 Å². The van der Waals surface area contributed by atoms with Crippen LogP contribution < -0.4 is 58.5 Å². The van der Waals surface area contributed by atoms with E-state index in [0.29, 0.717) is 47.9 Å². The van der Waals surface area contributed by atoms with E-state index in [1.165, 1.54) is 23.8 Å². The van der Waals surface area contributed by atoms with Crippen LogP contribution in [0.4, 0.5) is 21.1 Å². The minimum Gasteiger partial charge on any atom is -0.496 e. The van der Waals surface area contributed by atoms with Crippen molar-refractivity contribution in [3.63, 3.8) is 0 Å². The molecule has 27 nitrogen and oxygen atoms in total. The van der Waals surface area contributed by atoms with Crippen LogP contribution in [0.1, 0.15) is 56.7 Å². The average Bonchev–Trinajstić information content (AvgIpc) is 3.91. The van der Waals surface area contributed by atoms with Gasteiger partial charge in [-0.1, -0.05) is 38.1 Å². The highest BCUT2D eigenvalue weighted by atomic mass is 16.6. The number of urea groups is 1. The summed E-state index contributed by atoms with van der Waals surface area (Å²) in [6, 6.07) is 9.43. The fraction of sp³-hybridized carbons (Fsp3) is 0.480. The maximum absolute atomic E-state index is 13.6. The van der Waals surface area contributed by atoms with Crippen LogP contribution >= 0.6 is 0 Å². The van der Waals surface area contributed by atoms with Crippen LogP contribution in [0.2, 0.25) is 0 Å². The summed E-state index contributed by atoms with van der Waals surface area (Å²) in [6.07, 6.45) is 2.15. The number of benzene rings is 2. The third-order valence-corrected chi connectivity index (χ3v) is 11.5. The summed E-state index contributed by atoms with van der Waals surface area (Å²) >= 11 is 0. The fourth-order valence-corrected chi connectivity index (χ4v) is 7.51. The number of hydrogen-bond acceptors (Lipinski definition) is 18. The number of imidazole rings is 1. The average molecular weight is 1080 g/mol. The molecule has 0 aliphatic carbocycles. The van der Waals surface area contributed by atoms with Gasteiger partial charge in [0, 0.05) is 56.0 Å². The second-order valence-corrected chi connectivity index (χ2v) is 17.6. The second-order valence-electron chi connectivity index (χ2n) is 17.6. The van der Waals surface area contributed by atoms with Crippen molar-refractivity contribution in [3.8, 4) is 11.8 Å². The summed E-state index contributed by atoms with van der Waals surface area (Å²) in [4.78, 5) is 112. The molecule has 5 rings (SSSR count). The first-order chi connectivity index (χ1) is 37.1. The molecule has 77 heavy (non-hydrogen) atoms. The maximum Gasteiger partial charge on any atom is 0.407 e. The molecule has 1 aliphatic heterocycles. The maximum atomic E-state index is 13.6. The highest BCUT2D eigenvalue weighted by Crippen LogP contribution is 2.24. The van der Waals surface area contributed by atoms with E-state index < -0.39 is 47.6 Å². The van der Waals surface area contributed by atoms with Crippen LogP contribution in [0.5, 0.6) is 11.8 Å². The lowest BCUT2D eigenvalue weighted by Crippen LogP contribution is -2.54. The van der Waals surface area contributed by atoms with Gasteiger partial charge in [0.1, 0.15) is 30.0 Å². The number of alkyl carbamates (subject to hydrolysis) is 1. The van der Waals surface area contributed by atoms with E-state index in [2.05, 4.69) is 46.9 Å². The molecule has 0 fully saturated rings. The number of nitrogen functional groups attached to an aromatic ring is 1. The van der Waals surface area contributed by atoms with E-state index in [9.17, 15) is 38.4 Å². The molecule has 2 aromatic carbocycles. The van der Waals surface area contributed by atoms with Gasteiger partial charge in [-0.2, -0.15) is 9.97 Å². The summed E-state index contributed by atoms with van der Waals surface area (Å²) in [5.41, 5.74) is 14.1. The molecule has 0 bridgehead atoms. The molecular weight excluding hydrogens is 1010 g/mol. The van der Waals surface area contributed by atoms with Gasteiger partial charge in [0.05, 0.1) is 66.4 Å². The van der Waals surface area contributed by atoms with Gasteiger partial charge in [0.2, 0.25) is 17.7 Å². The number of amides is 8. The van der Waals surface area contributed by atoms with Crippen LogP contribution in [-0.4, -0.2) is 158 Å². The van der Waals surface area contributed by atoms with E-state index in [0.717, 1.165) is 16.0 Å². The van der Waals surface area contributed by atoms with Crippen molar-refractivity contribution in [2.45, 2.75) is 71.8 Å². The van der Waals surface area contributed by atoms with E-state index in [1.54, 1.807) is 45.0 Å². The minimum absolute atomic E-state index is 0.0450. The Balaban J connectivity index is 0.993. The van der Waals surface area contributed by atoms with Crippen molar-refractivity contribution in [2.75, 3.05) is 90.6 Å². The number of carbonyl (C=O) groups excluding carboxylic acids is 7. The highest BCUT2D eigenvalue weighted by molar-refractivity contribution is 6.12. The number of aromatic amines is 1. The first kappa shape index (κ1) is 59.7. The first-order valence-corrected chi connectivity index (χ1v) is 25.0. The zero-order valence-corrected chi connectivity index (χ0v) is 43.6. The van der Waals surface area contributed by atoms with Crippen molar-refractivity contribution < 1.29 is 62.0 Å². The molecule has 8 amide bonds. The molecule has 0 spiro atoms. The van der Waals surface area contributed by atoms with E-state index >= 15 is 0 Å². The second kappa shape index (κ2) is 31.0. The van der Waals surface area contributed by atoms with Gasteiger partial charge in [-0.25, -0.2) is 14.4 Å². The van der Waals surface area contributed by atoms with E-state index in [4.69, 9.17) is 39.9 Å². The molecule has 1 aliphatic rings. The number of imide groups is 1. The third-order valence-electron chi connectivity index (χ3n) is 11.5. The van der Waals surface area contributed by atoms with Crippen molar-refractivity contribution in [1.29, 1.82) is 0 Å². The van der Waals surface area contributed by atoms with Crippen molar-refractivity contribution >= 4 is 64.3 Å². The Morgan fingerprint density at radius 1 is 0.805 bits per heavy atom. The zero-order valence-electron chi connectivity index (χ0n) is 43.6. The molecular formula is C50H69N13O14. The Morgan fingerprint density at radius 2 is 1.49 bits per heavy atom. The number of rotatable bonds is 34. The van der Waals surface area contributed by atoms with Crippen LogP contribution in [0.25, 0.3) is 11.2 Å². The number of nitrogens with one attached hydrogen (secondary N) is 7. The Morgan fingerprint density at radius 3 is 2.17 bits per heavy atom. The van der Waals surface area contributed by atoms with Crippen molar-refractivity contribution in [1.82, 2.24) is 51.0 Å². The Hall–Kier alpha value is -8.14. The molecule has 4 aromatic rings. The summed E-state index contributed by atoms with van der Waals surface area (Å²) in [7, 11) is 1.54. The number of primary amides is 1. The van der Waals surface area contributed by atoms with E-state index in [-0.39, 0.29) is 121 Å². The molecule has 0 saturated carbocycles. The highest BCUT2D eigenvalue weighted by Gasteiger charge is 2.29. The summed E-state index contributed by atoms with van der Waals surface area (Å²) in [5.74, 6) is -2.02. The van der Waals surface area contributed by atoms with Gasteiger partial charge in [0.15, 0.2) is 11.5 Å². The molecule has 11 N–H and O–H groups in total. The van der Waals surface area contributed by atoms with Gasteiger partial charge in [-0.3, -0.25) is 33.4 Å². The topological polar surface area (TPSA) is 366 Å². The number of fused-ring (bicyclic) bond motifs is 1. The minimum atomic E-state index is -1.06. The summed E-state index contributed by atoms with van der Waals surface area (Å²) in [6.45, 7) is 8.31. The van der Waals surface area contributed by atoms with Crippen LogP contribution in [-0.2, 0) is 62.6 Å². The summed E-state index contributed by atoms with van der Waals surface area (Å²) in [5, 5.41) is 16.7. The monoisotopic (exact) mass is 1080 g/mol. The lowest BCUT2D eigenvalue weighted by Gasteiger charge is -2.25. The SMILES string of the molecule is CCOc1nc(N)c2[nH]c(=O)n(Cc3ccc(CNCCNC(=O)OCc4ccc(NC(=O)[C@H](CCCNC(N)=O)NC(=O)[C@@H](NC(=O)CCOCCOCCOCCN5C(=O)C=CC5=O)C(C)C)cc4)cc3OC)c2n1. The quantitative estimate of drug-likeness (QED) is 0.0228. The van der Waals surface area contributed by atoms with Crippen molar-refractivity contribution in [2.24, 2.45) is 11.7 Å². The normalized spacial score (nSPS) is 12.9. The molecule has 2 atom stereocenters. The third kappa shape index (κ3) is 19.5. The molecule has 0 saturated heterocycles. The molecule has 2 aromatic heterocycles. The number of carbonyl (C=O) groups is 7. The van der Waals surface area contributed by atoms with Crippen LogP contribution in [0, 0.1) is 5.92 Å². The number of anilines is 2. The summed E-state index contributed by atoms with van der Waals surface area (Å²) < 4.78 is 34.2. The molecule has 3 heterocycles. The predicted octanol–water partition coefficient (Wildman–Crippen LogP) is 0.551. The van der Waals surface area contributed by atoms with Gasteiger partial charge in [0.25, 0.3) is 11.8 Å². The largest absolute Gasteiger partial charge is 0.496 e. The van der Waals surface area contributed by atoms with Crippen molar-refractivity contribution in [3.05, 3.63) is 81.8 Å². The lowest BCUT2D eigenvalue weighted by molar-refractivity contribution is -0.137. The number of methoxy groups -OCH3 is 1. The van der Waals surface area contributed by atoms with Crippen LogP contribution in [0.15, 0.2) is 59.4 Å². The Kier molecular flexibility index (Phi) is 24.1. The molecule has 27 heteroatoms. The fourth-order valence-electron chi connectivity index (χ4n) is 7.51. The number of aromatic nitrogens is 4. The number of nitrogens with zero attached hydrogens (tertiary/aromatic N) is 4. The standard InChI is InChI=1S/C50H69N13O14/c1-5-76-48-60-43(51)42-44(61-48)63(49(70)59-42)29-34-11-8-33(27-37(34)72-4)28-53-18-19-55-50(71)77-30-32-9-12-35(13-10-32)56-45(67)36(7-6-17-54-47(52)69)57-46(68)41(31(2)3)58-38(64)16-21-73-23-25-75-26-24-74-22-20-62-39(65)14-15-40(62)66/h8-15,27,31,36,41,53H,5-7,16-26,28-30H2,1-4H3,(H,55,71)(H,56,67)(H,57,68)(H,58,64)(H,59,70)(H2,51,60,61)(H3,52,54,69)/t36-,41-/m0/s1. The smallest absolute Gasteiger partial charge is 0.407 e. The predicted molar refractivity (Wildman–Crippen MR) is 279 cm³/mol. The lowest BCUT2D eigenvalue weighted by atomic mass is 10.0. The number of nitrogens with two attached hydrogens (primary N) is 2. The van der Waals surface area contributed by atoms with Gasteiger partial charge >= 0.3 is 23.8 Å². The molecule has 418 valence electrons.